The molecule has 1 spiro atoms. The van der Waals surface area contributed by atoms with Crippen molar-refractivity contribution in [1.29, 1.82) is 0 Å². The number of hydrogen-bond acceptors (Lipinski definition) is 6. The summed E-state index contributed by atoms with van der Waals surface area (Å²) < 4.78 is -0.707. The molecule has 3 heterocycles. The summed E-state index contributed by atoms with van der Waals surface area (Å²) in [4.78, 5) is 50.6. The number of thioether (sulfide) groups is 1. The van der Waals surface area contributed by atoms with Crippen LogP contribution in [0.25, 0.3) is 0 Å². The molecular formula is C33H48N4O4S. The summed E-state index contributed by atoms with van der Waals surface area (Å²) in [7, 11) is 0. The van der Waals surface area contributed by atoms with Crippen LogP contribution in [0.2, 0.25) is 0 Å². The molecule has 1 aromatic rings. The van der Waals surface area contributed by atoms with Crippen LogP contribution in [-0.2, 0) is 14.4 Å². The molecule has 3 unspecified atom stereocenters. The zero-order valence-corrected chi connectivity index (χ0v) is 26.5. The minimum atomic E-state index is -0.731. The highest BCUT2D eigenvalue weighted by Gasteiger charge is 2.76. The number of carbonyl (C=O) groups is 3. The van der Waals surface area contributed by atoms with Crippen molar-refractivity contribution in [2.45, 2.75) is 63.0 Å². The molecule has 3 fully saturated rings. The molecule has 3 saturated heterocycles. The molecule has 1 aromatic carbocycles. The maximum absolute atomic E-state index is 14.8. The van der Waals surface area contributed by atoms with E-state index >= 15 is 0 Å². The van der Waals surface area contributed by atoms with Crippen molar-refractivity contribution in [3.63, 3.8) is 0 Å². The Bertz CT molecular complexity index is 1160. The fraction of sp³-hybridized carbons (Fsp3) is 0.606. The van der Waals surface area contributed by atoms with Gasteiger partial charge in [0.05, 0.1) is 16.6 Å². The third-order valence-corrected chi connectivity index (χ3v) is 11.4. The molecule has 0 saturated carbocycles. The molecular weight excluding hydrogens is 548 g/mol. The molecule has 1 N–H and O–H groups in total. The van der Waals surface area contributed by atoms with Crippen molar-refractivity contribution < 1.29 is 19.5 Å². The van der Waals surface area contributed by atoms with Gasteiger partial charge in [-0.2, -0.15) is 0 Å². The maximum Gasteiger partial charge on any atom is 0.251 e. The van der Waals surface area contributed by atoms with Gasteiger partial charge in [0.2, 0.25) is 11.8 Å². The molecule has 3 aliphatic heterocycles. The first-order valence-corrected chi connectivity index (χ1v) is 16.4. The van der Waals surface area contributed by atoms with Crippen molar-refractivity contribution >= 4 is 40.9 Å². The smallest absolute Gasteiger partial charge is 0.251 e. The second kappa shape index (κ2) is 13.7. The minimum Gasteiger partial charge on any atom is -0.396 e. The van der Waals surface area contributed by atoms with Gasteiger partial charge >= 0.3 is 0 Å². The Morgan fingerprint density at radius 1 is 1.07 bits per heavy atom. The second-order valence-corrected chi connectivity index (χ2v) is 13.2. The zero-order chi connectivity index (χ0) is 30.6. The normalized spacial score (nSPS) is 27.6. The van der Waals surface area contributed by atoms with Crippen molar-refractivity contribution in [2.24, 2.45) is 17.8 Å². The van der Waals surface area contributed by atoms with Crippen molar-refractivity contribution in [3.8, 4) is 0 Å². The number of rotatable bonds is 15. The molecule has 4 rings (SSSR count). The molecule has 6 atom stereocenters. The zero-order valence-electron chi connectivity index (χ0n) is 25.7. The number of amides is 3. The Morgan fingerprint density at radius 2 is 1.71 bits per heavy atom. The van der Waals surface area contributed by atoms with Crippen molar-refractivity contribution in [3.05, 3.63) is 49.6 Å². The first-order valence-electron chi connectivity index (χ1n) is 15.5. The summed E-state index contributed by atoms with van der Waals surface area (Å²) in [6, 6.07) is 7.26. The summed E-state index contributed by atoms with van der Waals surface area (Å²) in [5.74, 6) is -1.26. The highest BCUT2D eigenvalue weighted by Crippen LogP contribution is 2.69. The largest absolute Gasteiger partial charge is 0.396 e. The lowest BCUT2D eigenvalue weighted by molar-refractivity contribution is -0.144. The second-order valence-electron chi connectivity index (χ2n) is 11.7. The lowest BCUT2D eigenvalue weighted by Crippen LogP contribution is -2.57. The number of hydrogen-bond donors (Lipinski definition) is 1. The maximum atomic E-state index is 14.8. The summed E-state index contributed by atoms with van der Waals surface area (Å²) in [6.07, 6.45) is 5.43. The predicted molar refractivity (Wildman–Crippen MR) is 172 cm³/mol. The summed E-state index contributed by atoms with van der Waals surface area (Å²) in [6.45, 7) is 19.5. The van der Waals surface area contributed by atoms with Gasteiger partial charge in [-0.15, -0.1) is 24.9 Å². The van der Waals surface area contributed by atoms with Crippen LogP contribution in [0, 0.1) is 17.8 Å². The third-order valence-electron chi connectivity index (χ3n) is 9.34. The number of fused-ring (bicyclic) bond motifs is 1. The Morgan fingerprint density at radius 3 is 2.29 bits per heavy atom. The van der Waals surface area contributed by atoms with Gasteiger partial charge in [-0.1, -0.05) is 26.0 Å². The van der Waals surface area contributed by atoms with Crippen LogP contribution in [0.1, 0.15) is 47.0 Å². The van der Waals surface area contributed by atoms with Gasteiger partial charge in [0.1, 0.15) is 6.04 Å². The average Bonchev–Trinajstić information content (AvgIpc) is 3.58. The summed E-state index contributed by atoms with van der Waals surface area (Å²) >= 11 is 1.69. The van der Waals surface area contributed by atoms with E-state index in [1.54, 1.807) is 33.7 Å². The van der Waals surface area contributed by atoms with Crippen LogP contribution < -0.4 is 9.80 Å². The number of carbonyl (C=O) groups excluding carboxylic acids is 3. The number of aliphatic hydroxyl groups is 1. The molecule has 0 aromatic heterocycles. The van der Waals surface area contributed by atoms with E-state index in [1.807, 2.05) is 36.1 Å². The quantitative estimate of drug-likeness (QED) is 0.306. The van der Waals surface area contributed by atoms with E-state index in [9.17, 15) is 19.5 Å². The highest BCUT2D eigenvalue weighted by molar-refractivity contribution is 8.02. The topological polar surface area (TPSA) is 84.4 Å². The predicted octanol–water partition coefficient (Wildman–Crippen LogP) is 4.20. The molecule has 9 heteroatoms. The average molecular weight is 597 g/mol. The molecule has 0 radical (unpaired) electrons. The van der Waals surface area contributed by atoms with E-state index in [0.717, 1.165) is 37.3 Å². The number of likely N-dealkylation sites (tertiary alicyclic amines) is 1. The molecule has 3 aliphatic rings. The number of anilines is 2. The van der Waals surface area contributed by atoms with Crippen LogP contribution in [-0.4, -0.2) is 94.5 Å². The molecule has 0 aliphatic carbocycles. The van der Waals surface area contributed by atoms with Gasteiger partial charge in [-0.25, -0.2) is 0 Å². The van der Waals surface area contributed by atoms with E-state index in [0.29, 0.717) is 26.1 Å². The number of nitrogens with zero attached hydrogens (tertiary/aromatic N) is 4. The number of aliphatic hydroxyl groups excluding tert-OH is 1. The van der Waals surface area contributed by atoms with E-state index in [2.05, 4.69) is 38.8 Å². The van der Waals surface area contributed by atoms with Gasteiger partial charge in [0.15, 0.2) is 0 Å². The minimum absolute atomic E-state index is 0.00785. The number of benzene rings is 1. The Kier molecular flexibility index (Phi) is 10.5. The fourth-order valence-corrected chi connectivity index (χ4v) is 9.93. The van der Waals surface area contributed by atoms with E-state index < -0.39 is 22.6 Å². The standard InChI is InChI=1S/C33H48N4O4S/c1-7-17-35(18-8-2)30(39)27-26-22-23(6)33(42-26)28(27)31(40)37(20-12-21-38)29(33)32(41)36(19-9-3)25-15-13-24(14-16-25)34(10-4)11-5/h7,9,13-16,23,26-29,38H,1,3,8,10-12,17-22H2,2,4-6H3/t23?,26-,27+,28+,29?,33?/m1/s1. The van der Waals surface area contributed by atoms with E-state index in [4.69, 9.17) is 0 Å². The molecule has 3 amide bonds. The molecule has 2 bridgehead atoms. The monoisotopic (exact) mass is 596 g/mol. The van der Waals surface area contributed by atoms with Crippen LogP contribution in [0.4, 0.5) is 11.4 Å². The SMILES string of the molecule is C=CCN(CCC)C(=O)[C@@H]1[C@H]2C(=O)N(CCCO)C(C(=O)N(CC=C)c3ccc(N(CC)CC)cc3)C23S[C@@H]1CC3C. The molecule has 230 valence electrons. The Hall–Kier alpha value is -2.78. The van der Waals surface area contributed by atoms with Gasteiger partial charge in [-0.3, -0.25) is 14.4 Å². The van der Waals surface area contributed by atoms with Gasteiger partial charge in [0.25, 0.3) is 5.91 Å². The molecule has 8 nitrogen and oxygen atoms in total. The van der Waals surface area contributed by atoms with Gasteiger partial charge in [-0.05, 0) is 63.3 Å². The third kappa shape index (κ3) is 5.39. The van der Waals surface area contributed by atoms with Crippen molar-refractivity contribution in [2.75, 3.05) is 55.7 Å². The highest BCUT2D eigenvalue weighted by atomic mass is 32.2. The fourth-order valence-electron chi connectivity index (χ4n) is 7.52. The van der Waals surface area contributed by atoms with Gasteiger partial charge in [0, 0.05) is 62.5 Å². The van der Waals surface area contributed by atoms with Crippen LogP contribution in [0.15, 0.2) is 49.6 Å². The Labute approximate surface area is 255 Å². The van der Waals surface area contributed by atoms with E-state index in [-0.39, 0.29) is 42.0 Å². The van der Waals surface area contributed by atoms with Crippen LogP contribution >= 0.6 is 11.8 Å². The molecule has 42 heavy (non-hydrogen) atoms. The lowest BCUT2D eigenvalue weighted by atomic mass is 9.65. The summed E-state index contributed by atoms with van der Waals surface area (Å²) in [5.41, 5.74) is 1.84. The first kappa shape index (κ1) is 32.1. The lowest BCUT2D eigenvalue weighted by Gasteiger charge is -2.41. The van der Waals surface area contributed by atoms with E-state index in [1.165, 1.54) is 0 Å². The first-order chi connectivity index (χ1) is 20.2. The van der Waals surface area contributed by atoms with Gasteiger partial charge < -0.3 is 24.7 Å². The van der Waals surface area contributed by atoms with Crippen LogP contribution in [0.3, 0.4) is 0 Å². The van der Waals surface area contributed by atoms with Crippen LogP contribution in [0.5, 0.6) is 0 Å². The van der Waals surface area contributed by atoms with Crippen molar-refractivity contribution in [1.82, 2.24) is 9.80 Å². The Balaban J connectivity index is 1.76. The summed E-state index contributed by atoms with van der Waals surface area (Å²) in [5, 5.41) is 9.70.